The molecule has 5 nitrogen and oxygen atoms in total. The van der Waals surface area contributed by atoms with Gasteiger partial charge in [0.05, 0.1) is 0 Å². The molecule has 0 radical (unpaired) electrons. The molecule has 25 heavy (non-hydrogen) atoms. The molecule has 0 aliphatic heterocycles. The van der Waals surface area contributed by atoms with Crippen LogP contribution in [0, 0.1) is 11.8 Å². The van der Waals surface area contributed by atoms with Crippen LogP contribution in [0.2, 0.25) is 0 Å². The first-order chi connectivity index (χ1) is 12.1. The predicted octanol–water partition coefficient (Wildman–Crippen LogP) is 3.63. The largest absolute Gasteiger partial charge is 0.328 e. The number of nitrogens with zero attached hydrogens (tertiary/aromatic N) is 1. The Balaban J connectivity index is 0.00000243. The van der Waals surface area contributed by atoms with Gasteiger partial charge in [-0.1, -0.05) is 24.8 Å². The highest BCUT2D eigenvalue weighted by Gasteiger charge is 2.45. The maximum Gasteiger partial charge on any atom is 0.247 e. The molecule has 3 rings (SSSR count). The van der Waals surface area contributed by atoms with E-state index in [9.17, 15) is 9.59 Å². The molecule has 1 fully saturated rings. The average molecular weight is 335 g/mol. The van der Waals surface area contributed by atoms with Crippen LogP contribution in [0.15, 0.2) is 76.8 Å². The molecule has 0 bridgehead atoms. The van der Waals surface area contributed by atoms with Crippen LogP contribution < -0.4 is 10.9 Å². The van der Waals surface area contributed by atoms with E-state index < -0.39 is 0 Å². The van der Waals surface area contributed by atoms with Gasteiger partial charge in [0.25, 0.3) is 0 Å². The zero-order chi connectivity index (χ0) is 17.8. The van der Waals surface area contributed by atoms with Crippen LogP contribution in [0.4, 0.5) is 5.69 Å². The van der Waals surface area contributed by atoms with E-state index in [0.29, 0.717) is 0 Å². The molecule has 128 valence electrons. The second-order valence-corrected chi connectivity index (χ2v) is 5.94. The van der Waals surface area contributed by atoms with Crippen molar-refractivity contribution in [2.24, 2.45) is 16.8 Å². The highest BCUT2D eigenvalue weighted by Crippen LogP contribution is 2.45. The molecule has 1 aromatic carbocycles. The van der Waals surface area contributed by atoms with Crippen molar-refractivity contribution >= 4 is 18.3 Å². The minimum Gasteiger partial charge on any atom is -0.328 e. The number of carbonyl (C=O) groups excluding carboxylic acids is 1. The maximum absolute atomic E-state index is 12.3. The Hall–Kier alpha value is -3.21. The van der Waals surface area contributed by atoms with Crippen LogP contribution in [0.5, 0.6) is 0 Å². The Morgan fingerprint density at radius 2 is 1.92 bits per heavy atom. The predicted molar refractivity (Wildman–Crippen MR) is 103 cm³/mol. The monoisotopic (exact) mass is 335 g/mol. The van der Waals surface area contributed by atoms with Crippen molar-refractivity contribution in [3.8, 4) is 11.1 Å². The Morgan fingerprint density at radius 1 is 1.20 bits per heavy atom. The van der Waals surface area contributed by atoms with Crippen molar-refractivity contribution in [1.29, 1.82) is 0 Å². The smallest absolute Gasteiger partial charge is 0.247 e. The van der Waals surface area contributed by atoms with Crippen molar-refractivity contribution < 1.29 is 6.22 Å². The number of pyridine rings is 1. The fourth-order valence-corrected chi connectivity index (χ4v) is 2.80. The summed E-state index contributed by atoms with van der Waals surface area (Å²) in [7, 11) is 0. The molecule has 1 aliphatic carbocycles. The van der Waals surface area contributed by atoms with Gasteiger partial charge in [-0.2, -0.15) is 0 Å². The number of allylic oxidation sites excluding steroid dienone is 3. The molecule has 2 aromatic rings. The lowest BCUT2D eigenvalue weighted by atomic mass is 10.1. The minimum absolute atomic E-state index is 0. The van der Waals surface area contributed by atoms with Gasteiger partial charge in [-0.05, 0) is 48.5 Å². The van der Waals surface area contributed by atoms with Gasteiger partial charge in [0.15, 0.2) is 0 Å². The van der Waals surface area contributed by atoms with Crippen molar-refractivity contribution in [1.82, 2.24) is 4.98 Å². The number of rotatable bonds is 6. The number of carbonyl (C=O) groups is 1. The summed E-state index contributed by atoms with van der Waals surface area (Å²) in [6, 6.07) is 10.8. The Kier molecular flexibility index (Phi) is 4.75. The molecule has 1 heterocycles. The van der Waals surface area contributed by atoms with Crippen molar-refractivity contribution in [3.63, 3.8) is 0 Å². The van der Waals surface area contributed by atoms with E-state index in [1.165, 1.54) is 6.07 Å². The van der Waals surface area contributed by atoms with E-state index in [0.717, 1.165) is 28.9 Å². The van der Waals surface area contributed by atoms with Gasteiger partial charge in [0, 0.05) is 36.9 Å². The molecule has 1 aromatic heterocycles. The number of amides is 1. The van der Waals surface area contributed by atoms with Crippen LogP contribution in [0.1, 0.15) is 7.85 Å². The molecule has 1 amide bonds. The highest BCUT2D eigenvalue weighted by atomic mass is 16.2. The van der Waals surface area contributed by atoms with E-state index >= 15 is 0 Å². The van der Waals surface area contributed by atoms with E-state index in [-0.39, 0.29) is 24.7 Å². The summed E-state index contributed by atoms with van der Waals surface area (Å²) in [5.41, 5.74) is 3.29. The molecule has 5 heteroatoms. The van der Waals surface area contributed by atoms with E-state index in [1.54, 1.807) is 24.4 Å². The van der Waals surface area contributed by atoms with Gasteiger partial charge < -0.3 is 10.3 Å². The summed E-state index contributed by atoms with van der Waals surface area (Å²) < 4.78 is 0. The summed E-state index contributed by atoms with van der Waals surface area (Å²) in [6.45, 7) is 7.19. The third-order valence-corrected chi connectivity index (χ3v) is 4.25. The summed E-state index contributed by atoms with van der Waals surface area (Å²) in [4.78, 5) is 30.1. The molecule has 2 atom stereocenters. The second-order valence-electron chi connectivity index (χ2n) is 5.94. The number of aromatic amines is 1. The number of hydrogen-bond donors (Lipinski definition) is 2. The first-order valence-corrected chi connectivity index (χ1v) is 8.01. The Bertz CT molecular complexity index is 880. The standard InChI is InChI=1S/C20H19N3O2.H2/c1-3-4-18(21-2)16-11-17(16)20(25)23-15-8-5-13(6-9-15)14-7-10-19(24)22-12-14;/h3-10,12,16-17H,1-2,11H2,(H,22,24)(H,23,25);1H/b18-4-;. The molecule has 0 spiro atoms. The molecule has 2 N–H and O–H groups in total. The number of aromatic nitrogens is 1. The Morgan fingerprint density at radius 3 is 2.52 bits per heavy atom. The van der Waals surface area contributed by atoms with Crippen LogP contribution in [-0.4, -0.2) is 17.6 Å². The first-order valence-electron chi connectivity index (χ1n) is 8.01. The summed E-state index contributed by atoms with van der Waals surface area (Å²) in [6.07, 6.45) is 5.90. The van der Waals surface area contributed by atoms with Gasteiger partial charge in [-0.25, -0.2) is 0 Å². The van der Waals surface area contributed by atoms with Crippen molar-refractivity contribution in [2.45, 2.75) is 6.42 Å². The minimum atomic E-state index is -0.134. The van der Waals surface area contributed by atoms with Crippen LogP contribution >= 0.6 is 0 Å². The number of aliphatic imine (C=N–C) groups is 1. The fourth-order valence-electron chi connectivity index (χ4n) is 2.80. The maximum atomic E-state index is 12.3. The fraction of sp³-hybridized carbons (Fsp3) is 0.150. The van der Waals surface area contributed by atoms with Crippen molar-refractivity contribution in [3.05, 3.63) is 77.4 Å². The lowest BCUT2D eigenvalue weighted by molar-refractivity contribution is -0.117. The molecule has 1 saturated carbocycles. The van der Waals surface area contributed by atoms with E-state index in [4.69, 9.17) is 0 Å². The normalized spacial score (nSPS) is 19.1. The SMILES string of the molecule is C=C/C=C(\N=C)C1CC1C(=O)Nc1ccc(-c2ccc(=O)[nH]c2)cc1.[HH]. The third-order valence-electron chi connectivity index (χ3n) is 4.25. The van der Waals surface area contributed by atoms with Gasteiger partial charge in [-0.3, -0.25) is 14.6 Å². The number of H-pyrrole nitrogens is 1. The zero-order valence-corrected chi connectivity index (χ0v) is 13.7. The first kappa shape index (κ1) is 16.6. The van der Waals surface area contributed by atoms with Gasteiger partial charge in [0.2, 0.25) is 11.5 Å². The highest BCUT2D eigenvalue weighted by molar-refractivity contribution is 5.95. The topological polar surface area (TPSA) is 74.3 Å². The third kappa shape index (κ3) is 3.83. The summed E-state index contributed by atoms with van der Waals surface area (Å²) in [5, 5.41) is 2.93. The summed E-state index contributed by atoms with van der Waals surface area (Å²) in [5.74, 6) is 0.0342. The van der Waals surface area contributed by atoms with Gasteiger partial charge in [-0.15, -0.1) is 0 Å². The second kappa shape index (κ2) is 7.13. The summed E-state index contributed by atoms with van der Waals surface area (Å²) >= 11 is 0. The molecular weight excluding hydrogens is 314 g/mol. The van der Waals surface area contributed by atoms with Crippen LogP contribution in [-0.2, 0) is 4.79 Å². The molecule has 2 unspecified atom stereocenters. The quantitative estimate of drug-likeness (QED) is 0.625. The molecule has 0 saturated heterocycles. The number of hydrogen-bond acceptors (Lipinski definition) is 3. The average Bonchev–Trinajstić information content (AvgIpc) is 3.42. The van der Waals surface area contributed by atoms with Crippen LogP contribution in [0.3, 0.4) is 0 Å². The lowest BCUT2D eigenvalue weighted by Gasteiger charge is -2.07. The number of nitrogens with one attached hydrogen (secondary N) is 2. The number of anilines is 1. The number of benzene rings is 1. The Labute approximate surface area is 147 Å². The zero-order valence-electron chi connectivity index (χ0n) is 13.7. The van der Waals surface area contributed by atoms with Gasteiger partial charge >= 0.3 is 0 Å². The van der Waals surface area contributed by atoms with Crippen LogP contribution in [0.25, 0.3) is 11.1 Å². The molecular formula is C20H21N3O2. The van der Waals surface area contributed by atoms with Gasteiger partial charge in [0.1, 0.15) is 0 Å². The lowest BCUT2D eigenvalue weighted by Crippen LogP contribution is -2.15. The van der Waals surface area contributed by atoms with E-state index in [2.05, 4.69) is 28.6 Å². The molecule has 1 aliphatic rings. The van der Waals surface area contributed by atoms with E-state index in [1.807, 2.05) is 24.3 Å². The van der Waals surface area contributed by atoms with Crippen molar-refractivity contribution in [2.75, 3.05) is 5.32 Å².